The number of hydrogen-bond acceptors (Lipinski definition) is 7. The molecule has 0 saturated heterocycles. The first kappa shape index (κ1) is 38.1. The van der Waals surface area contributed by atoms with Crippen molar-refractivity contribution in [2.24, 2.45) is 14.1 Å². The Labute approximate surface area is 332 Å². The monoisotopic (exact) mass is 814 g/mol. The zero-order chi connectivity index (χ0) is 39.7. The molecule has 11 nitrogen and oxygen atoms in total. The molecule has 0 unspecified atom stereocenters. The Bertz CT molecular complexity index is 2590. The number of nitrogens with zero attached hydrogens (tertiary/aromatic N) is 4. The highest BCUT2D eigenvalue weighted by Crippen LogP contribution is 2.42. The van der Waals surface area contributed by atoms with E-state index in [1.165, 1.54) is 0 Å². The van der Waals surface area contributed by atoms with Gasteiger partial charge in [0.05, 0.1) is 11.0 Å². The van der Waals surface area contributed by atoms with Crippen molar-refractivity contribution >= 4 is 72.7 Å². The Hall–Kier alpha value is -6.14. The lowest BCUT2D eigenvalue weighted by atomic mass is 10.0. The lowest BCUT2D eigenvalue weighted by molar-refractivity contribution is 0.0686. The summed E-state index contributed by atoms with van der Waals surface area (Å²) in [5.74, 6) is -0.139. The second-order valence-electron chi connectivity index (χ2n) is 14.0. The summed E-state index contributed by atoms with van der Waals surface area (Å²) in [5, 5.41) is 37.3. The number of hydrogen-bond donors (Lipinski definition) is 5. The smallest absolute Gasteiger partial charge is 0.339 e. The van der Waals surface area contributed by atoms with E-state index in [1.807, 2.05) is 98.0 Å². The van der Waals surface area contributed by atoms with Crippen LogP contribution < -0.4 is 10.6 Å². The van der Waals surface area contributed by atoms with Gasteiger partial charge in [0.25, 0.3) is 0 Å². The molecule has 2 fully saturated rings. The summed E-state index contributed by atoms with van der Waals surface area (Å²) in [6.07, 6.45) is 11.9. The van der Waals surface area contributed by atoms with Crippen LogP contribution in [0.2, 0.25) is 0 Å². The molecule has 2 aliphatic carbocycles. The van der Waals surface area contributed by atoms with E-state index < -0.39 is 11.9 Å². The first-order valence-corrected chi connectivity index (χ1v) is 19.4. The molecule has 4 heterocycles. The van der Waals surface area contributed by atoms with Gasteiger partial charge < -0.3 is 35.1 Å². The van der Waals surface area contributed by atoms with E-state index in [2.05, 4.69) is 36.5 Å². The largest absolute Gasteiger partial charge is 0.508 e. The van der Waals surface area contributed by atoms with Gasteiger partial charge in [-0.3, -0.25) is 0 Å². The number of carbonyl (C=O) groups is 2. The fraction of sp³-hybridized carbons (Fsp3) is 0.227. The molecule has 0 radical (unpaired) electrons. The van der Waals surface area contributed by atoms with Gasteiger partial charge in [0.1, 0.15) is 28.5 Å². The quantitative estimate of drug-likeness (QED) is 0.0957. The molecule has 4 aromatic heterocycles. The van der Waals surface area contributed by atoms with Crippen LogP contribution >= 0.6 is 15.9 Å². The number of aromatic hydroxyl groups is 1. The number of benzene rings is 3. The molecule has 2 saturated carbocycles. The highest BCUT2D eigenvalue weighted by molar-refractivity contribution is 9.10. The van der Waals surface area contributed by atoms with E-state index in [4.69, 9.17) is 0 Å². The molecule has 0 atom stereocenters. The van der Waals surface area contributed by atoms with Crippen LogP contribution in [0.3, 0.4) is 0 Å². The van der Waals surface area contributed by atoms with Crippen LogP contribution in [0.5, 0.6) is 5.75 Å². The predicted octanol–water partition coefficient (Wildman–Crippen LogP) is 10.9. The molecule has 286 valence electrons. The van der Waals surface area contributed by atoms with Crippen molar-refractivity contribution in [3.63, 3.8) is 0 Å². The van der Waals surface area contributed by atoms with Crippen molar-refractivity contribution in [1.29, 1.82) is 0 Å². The van der Waals surface area contributed by atoms with Crippen LogP contribution in [-0.4, -0.2) is 46.4 Å². The van der Waals surface area contributed by atoms with Gasteiger partial charge in [-0.25, -0.2) is 19.6 Å². The fourth-order valence-corrected chi connectivity index (χ4v) is 7.63. The van der Waals surface area contributed by atoms with Crippen molar-refractivity contribution < 1.29 is 24.9 Å². The molecule has 5 N–H and O–H groups in total. The van der Waals surface area contributed by atoms with Gasteiger partial charge in [0.15, 0.2) is 0 Å². The van der Waals surface area contributed by atoms with Gasteiger partial charge in [-0.05, 0) is 131 Å². The summed E-state index contributed by atoms with van der Waals surface area (Å²) in [4.78, 5) is 32.2. The lowest BCUT2D eigenvalue weighted by Crippen LogP contribution is -2.06. The zero-order valence-corrected chi connectivity index (χ0v) is 33.1. The minimum Gasteiger partial charge on any atom is -0.508 e. The van der Waals surface area contributed by atoms with E-state index in [0.717, 1.165) is 85.6 Å². The van der Waals surface area contributed by atoms with Gasteiger partial charge in [0, 0.05) is 71.1 Å². The number of halogens is 1. The average molecular weight is 816 g/mol. The fourth-order valence-electron chi connectivity index (χ4n) is 6.88. The summed E-state index contributed by atoms with van der Waals surface area (Å²) in [6, 6.07) is 22.5. The number of carboxylic acid groups (broad SMARTS) is 2. The van der Waals surface area contributed by atoms with E-state index in [9.17, 15) is 24.9 Å². The highest BCUT2D eigenvalue weighted by Gasteiger charge is 2.27. The summed E-state index contributed by atoms with van der Waals surface area (Å²) < 4.78 is 5.03. The Morgan fingerprint density at radius 3 is 1.62 bits per heavy atom. The molecule has 56 heavy (non-hydrogen) atoms. The number of aryl methyl sites for hydroxylation is 2. The summed E-state index contributed by atoms with van der Waals surface area (Å²) >= 11 is 3.58. The number of phenolic OH excluding ortho intramolecular Hbond substituents is 1. The van der Waals surface area contributed by atoms with Crippen molar-refractivity contribution in [3.8, 4) is 16.9 Å². The molecular weight excluding hydrogens is 772 g/mol. The average Bonchev–Trinajstić information content (AvgIpc) is 4.13. The Morgan fingerprint density at radius 1 is 0.679 bits per heavy atom. The molecule has 0 amide bonds. The number of pyridine rings is 2. The molecule has 7 aromatic rings. The van der Waals surface area contributed by atoms with Gasteiger partial charge in [0.2, 0.25) is 0 Å². The summed E-state index contributed by atoms with van der Waals surface area (Å²) in [6.45, 7) is 4.00. The zero-order valence-electron chi connectivity index (χ0n) is 31.5. The molecule has 3 aromatic carbocycles. The Kier molecular flexibility index (Phi) is 10.8. The second-order valence-corrected chi connectivity index (χ2v) is 14.9. The minimum atomic E-state index is -0.993. The first-order chi connectivity index (χ1) is 27.0. The number of carboxylic acids is 2. The molecule has 0 bridgehead atoms. The topological polar surface area (TPSA) is 155 Å². The standard InChI is InChI=1S/C24H21N3O3.C18H16BrN3O2.C2H6/c1-27-9-8-16-10-18(12-20(22(16)27)15-4-6-19(28)7-5-15)26-23-21(24(29)30)11-17(13-25-23)14-2-3-14;1-22-5-4-11-6-13(8-15(19)16(11)22)21-17-14(18(23)24)7-12(9-20-17)10-2-3-10;1-2/h4-14,28H,2-3H2,1H3,(H,25,26)(H,29,30);4-10H,2-3H2,1H3,(H,20,21)(H,23,24);1-2H3. The van der Waals surface area contributed by atoms with Crippen LogP contribution in [0.4, 0.5) is 23.0 Å². The van der Waals surface area contributed by atoms with E-state index in [-0.39, 0.29) is 16.9 Å². The second kappa shape index (κ2) is 15.9. The molecular formula is C44H43BrN6O5. The number of fused-ring (bicyclic) bond motifs is 2. The molecule has 2 aliphatic rings. The number of aromatic carboxylic acids is 2. The van der Waals surface area contributed by atoms with Crippen molar-refractivity contribution in [3.05, 3.63) is 124 Å². The highest BCUT2D eigenvalue weighted by atomic mass is 79.9. The lowest BCUT2D eigenvalue weighted by Gasteiger charge is -2.14. The van der Waals surface area contributed by atoms with Crippen molar-refractivity contribution in [2.75, 3.05) is 10.6 Å². The Morgan fingerprint density at radius 2 is 1.14 bits per heavy atom. The maximum absolute atomic E-state index is 11.8. The third kappa shape index (κ3) is 8.11. The maximum atomic E-state index is 11.8. The summed E-state index contributed by atoms with van der Waals surface area (Å²) in [7, 11) is 3.97. The van der Waals surface area contributed by atoms with Crippen molar-refractivity contribution in [1.82, 2.24) is 19.1 Å². The van der Waals surface area contributed by atoms with Crippen LogP contribution in [0, 0.1) is 0 Å². The molecule has 0 spiro atoms. The van der Waals surface area contributed by atoms with Gasteiger partial charge in [-0.15, -0.1) is 0 Å². The molecule has 12 heteroatoms. The predicted molar refractivity (Wildman–Crippen MR) is 225 cm³/mol. The van der Waals surface area contributed by atoms with Crippen molar-refractivity contribution in [2.45, 2.75) is 51.4 Å². The molecule has 9 rings (SSSR count). The number of rotatable bonds is 9. The SMILES string of the molecule is CC.Cn1ccc2cc(Nc3ncc(C4CC4)cc3C(=O)O)cc(-c3ccc(O)cc3)c21.Cn1ccc2cc(Nc3ncc(C4CC4)cc3C(=O)O)cc(Br)c21. The van der Waals surface area contributed by atoms with E-state index in [0.29, 0.717) is 23.5 Å². The Balaban J connectivity index is 0.000000168. The number of anilines is 4. The third-order valence-corrected chi connectivity index (χ3v) is 10.6. The molecule has 0 aliphatic heterocycles. The van der Waals surface area contributed by atoms with Gasteiger partial charge in [-0.1, -0.05) is 26.0 Å². The normalized spacial score (nSPS) is 13.4. The number of phenols is 1. The maximum Gasteiger partial charge on any atom is 0.339 e. The van der Waals surface area contributed by atoms with E-state index in [1.54, 1.807) is 36.7 Å². The van der Waals surface area contributed by atoms with Gasteiger partial charge in [-0.2, -0.15) is 0 Å². The van der Waals surface area contributed by atoms with Crippen LogP contribution in [-0.2, 0) is 14.1 Å². The minimum absolute atomic E-state index is 0.179. The third-order valence-electron chi connectivity index (χ3n) is 9.97. The number of nitrogens with one attached hydrogen (secondary N) is 2. The first-order valence-electron chi connectivity index (χ1n) is 18.7. The van der Waals surface area contributed by atoms with Crippen LogP contribution in [0.1, 0.15) is 83.2 Å². The summed E-state index contributed by atoms with van der Waals surface area (Å²) in [5.41, 5.74) is 8.03. The van der Waals surface area contributed by atoms with E-state index >= 15 is 0 Å². The van der Waals surface area contributed by atoms with Gasteiger partial charge >= 0.3 is 11.9 Å². The van der Waals surface area contributed by atoms with Crippen LogP contribution in [0.25, 0.3) is 32.9 Å². The number of aromatic nitrogens is 4. The van der Waals surface area contributed by atoms with Crippen LogP contribution in [0.15, 0.2) is 102 Å².